The standard InChI is InChI=1S/C25H24N2O2S/c1-17-11-13-19(14-12-17)16-27-24-22(20-9-5-6-10-21(20)30-24)23(28)26(25(27)29)15-18-7-3-2-4-8-18/h2-4,7-8,11-14H,5-6,9-10,15-16H2,1H3. The van der Waals surface area contributed by atoms with E-state index >= 15 is 0 Å². The molecule has 0 aliphatic heterocycles. The molecule has 1 aliphatic carbocycles. The van der Waals surface area contributed by atoms with Gasteiger partial charge in [-0.25, -0.2) is 4.79 Å². The first-order valence-corrected chi connectivity index (χ1v) is 11.3. The third kappa shape index (κ3) is 3.33. The van der Waals surface area contributed by atoms with Gasteiger partial charge in [0.25, 0.3) is 5.56 Å². The van der Waals surface area contributed by atoms with E-state index in [1.54, 1.807) is 11.3 Å². The number of thiophene rings is 1. The van der Waals surface area contributed by atoms with E-state index in [1.807, 2.05) is 34.9 Å². The van der Waals surface area contributed by atoms with Crippen molar-refractivity contribution in [1.29, 1.82) is 0 Å². The molecular formula is C25H24N2O2S. The molecule has 0 unspecified atom stereocenters. The number of benzene rings is 2. The highest BCUT2D eigenvalue weighted by molar-refractivity contribution is 7.18. The van der Waals surface area contributed by atoms with E-state index in [0.717, 1.165) is 47.0 Å². The van der Waals surface area contributed by atoms with Gasteiger partial charge < -0.3 is 0 Å². The maximum atomic E-state index is 13.5. The Morgan fingerprint density at radius 2 is 1.50 bits per heavy atom. The second-order valence-electron chi connectivity index (χ2n) is 8.12. The van der Waals surface area contributed by atoms with Crippen molar-refractivity contribution in [2.75, 3.05) is 0 Å². The topological polar surface area (TPSA) is 44.0 Å². The van der Waals surface area contributed by atoms with Crippen LogP contribution in [-0.4, -0.2) is 9.13 Å². The molecule has 0 amide bonds. The zero-order valence-electron chi connectivity index (χ0n) is 17.1. The van der Waals surface area contributed by atoms with Gasteiger partial charge in [-0.3, -0.25) is 13.9 Å². The Bertz CT molecular complexity index is 1330. The summed E-state index contributed by atoms with van der Waals surface area (Å²) < 4.78 is 3.24. The van der Waals surface area contributed by atoms with Gasteiger partial charge in [-0.2, -0.15) is 0 Å². The summed E-state index contributed by atoms with van der Waals surface area (Å²) in [5, 5.41) is 0.761. The SMILES string of the molecule is Cc1ccc(Cn2c(=O)n(Cc3ccccc3)c(=O)c3c4c(sc32)CCCC4)cc1. The summed E-state index contributed by atoms with van der Waals surface area (Å²) in [5.41, 5.74) is 4.03. The Morgan fingerprint density at radius 1 is 0.833 bits per heavy atom. The van der Waals surface area contributed by atoms with Crippen molar-refractivity contribution in [3.05, 3.63) is 103 Å². The molecule has 152 valence electrons. The molecule has 30 heavy (non-hydrogen) atoms. The molecular weight excluding hydrogens is 392 g/mol. The number of rotatable bonds is 4. The maximum Gasteiger partial charge on any atom is 0.332 e. The van der Waals surface area contributed by atoms with Crippen LogP contribution in [0.3, 0.4) is 0 Å². The van der Waals surface area contributed by atoms with Gasteiger partial charge >= 0.3 is 5.69 Å². The highest BCUT2D eigenvalue weighted by atomic mass is 32.1. The molecule has 1 aliphatic rings. The minimum absolute atomic E-state index is 0.140. The smallest absolute Gasteiger partial charge is 0.280 e. The van der Waals surface area contributed by atoms with Crippen LogP contribution in [0.15, 0.2) is 64.2 Å². The first kappa shape index (κ1) is 19.1. The average molecular weight is 417 g/mol. The molecule has 0 saturated heterocycles. The number of aromatic nitrogens is 2. The lowest BCUT2D eigenvalue weighted by atomic mass is 9.97. The number of hydrogen-bond donors (Lipinski definition) is 0. The number of aryl methyl sites for hydroxylation is 3. The van der Waals surface area contributed by atoms with Gasteiger partial charge in [0.15, 0.2) is 0 Å². The van der Waals surface area contributed by atoms with Crippen LogP contribution in [-0.2, 0) is 25.9 Å². The first-order chi connectivity index (χ1) is 14.6. The predicted molar refractivity (Wildman–Crippen MR) is 123 cm³/mol. The van der Waals surface area contributed by atoms with E-state index in [0.29, 0.717) is 13.1 Å². The lowest BCUT2D eigenvalue weighted by Crippen LogP contribution is -2.40. The van der Waals surface area contributed by atoms with Crippen LogP contribution in [0.1, 0.15) is 40.0 Å². The van der Waals surface area contributed by atoms with Crippen molar-refractivity contribution >= 4 is 21.6 Å². The van der Waals surface area contributed by atoms with Crippen LogP contribution in [0.2, 0.25) is 0 Å². The molecule has 0 spiro atoms. The fourth-order valence-corrected chi connectivity index (χ4v) is 5.71. The van der Waals surface area contributed by atoms with Crippen molar-refractivity contribution in [3.63, 3.8) is 0 Å². The fraction of sp³-hybridized carbons (Fsp3) is 0.280. The van der Waals surface area contributed by atoms with Crippen LogP contribution in [0.4, 0.5) is 0 Å². The summed E-state index contributed by atoms with van der Waals surface area (Å²) in [6.07, 6.45) is 4.19. The lowest BCUT2D eigenvalue weighted by Gasteiger charge is -2.14. The number of hydrogen-bond acceptors (Lipinski definition) is 3. The van der Waals surface area contributed by atoms with E-state index in [1.165, 1.54) is 20.6 Å². The van der Waals surface area contributed by atoms with E-state index in [9.17, 15) is 9.59 Å². The monoisotopic (exact) mass is 416 g/mol. The predicted octanol–water partition coefficient (Wildman–Crippen LogP) is 4.51. The highest BCUT2D eigenvalue weighted by Crippen LogP contribution is 2.34. The summed E-state index contributed by atoms with van der Waals surface area (Å²) in [6.45, 7) is 2.83. The van der Waals surface area contributed by atoms with Gasteiger partial charge in [-0.1, -0.05) is 60.2 Å². The minimum atomic E-state index is -0.226. The Balaban J connectivity index is 1.74. The van der Waals surface area contributed by atoms with Gasteiger partial charge in [0.2, 0.25) is 0 Å². The molecule has 5 rings (SSSR count). The Kier molecular flexibility index (Phi) is 4.91. The third-order valence-corrected chi connectivity index (χ3v) is 7.28. The van der Waals surface area contributed by atoms with Crippen LogP contribution >= 0.6 is 11.3 Å². The van der Waals surface area contributed by atoms with Crippen molar-refractivity contribution in [2.24, 2.45) is 0 Å². The van der Waals surface area contributed by atoms with E-state index < -0.39 is 0 Å². The van der Waals surface area contributed by atoms with E-state index in [-0.39, 0.29) is 11.2 Å². The van der Waals surface area contributed by atoms with Crippen molar-refractivity contribution in [1.82, 2.24) is 9.13 Å². The quantitative estimate of drug-likeness (QED) is 0.491. The Labute approximate surface area is 179 Å². The highest BCUT2D eigenvalue weighted by Gasteiger charge is 2.23. The second kappa shape index (κ2) is 7.73. The zero-order chi connectivity index (χ0) is 20.7. The molecule has 0 N–H and O–H groups in total. The molecule has 0 radical (unpaired) electrons. The van der Waals surface area contributed by atoms with Gasteiger partial charge in [0, 0.05) is 4.88 Å². The molecule has 2 aromatic carbocycles. The van der Waals surface area contributed by atoms with Crippen molar-refractivity contribution < 1.29 is 0 Å². The molecule has 2 aromatic heterocycles. The Hall–Kier alpha value is -2.92. The summed E-state index contributed by atoms with van der Waals surface area (Å²) in [4.78, 5) is 29.1. The van der Waals surface area contributed by atoms with Gasteiger partial charge in [0.05, 0.1) is 18.5 Å². The average Bonchev–Trinajstić information content (AvgIpc) is 3.16. The molecule has 4 aromatic rings. The fourth-order valence-electron chi connectivity index (χ4n) is 4.34. The van der Waals surface area contributed by atoms with Gasteiger partial charge in [-0.15, -0.1) is 11.3 Å². The van der Waals surface area contributed by atoms with Crippen LogP contribution in [0.25, 0.3) is 10.2 Å². The normalized spacial score (nSPS) is 13.5. The minimum Gasteiger partial charge on any atom is -0.280 e. The van der Waals surface area contributed by atoms with Crippen LogP contribution in [0.5, 0.6) is 0 Å². The first-order valence-electron chi connectivity index (χ1n) is 10.5. The largest absolute Gasteiger partial charge is 0.332 e. The number of fused-ring (bicyclic) bond motifs is 3. The molecule has 0 fully saturated rings. The third-order valence-electron chi connectivity index (χ3n) is 5.96. The van der Waals surface area contributed by atoms with Crippen LogP contribution in [0, 0.1) is 6.92 Å². The van der Waals surface area contributed by atoms with E-state index in [2.05, 4.69) is 31.2 Å². The molecule has 0 atom stereocenters. The zero-order valence-corrected chi connectivity index (χ0v) is 17.9. The van der Waals surface area contributed by atoms with Gasteiger partial charge in [-0.05, 0) is 49.3 Å². The maximum absolute atomic E-state index is 13.5. The van der Waals surface area contributed by atoms with Crippen molar-refractivity contribution in [3.8, 4) is 0 Å². The molecule has 0 saturated carbocycles. The molecule has 0 bridgehead atoms. The molecule has 5 heteroatoms. The Morgan fingerprint density at radius 3 is 2.27 bits per heavy atom. The number of nitrogens with zero attached hydrogens (tertiary/aromatic N) is 2. The summed E-state index contributed by atoms with van der Waals surface area (Å²) in [6, 6.07) is 18.0. The summed E-state index contributed by atoms with van der Waals surface area (Å²) >= 11 is 1.64. The van der Waals surface area contributed by atoms with E-state index in [4.69, 9.17) is 0 Å². The molecule has 4 nitrogen and oxygen atoms in total. The van der Waals surface area contributed by atoms with Crippen LogP contribution < -0.4 is 11.2 Å². The summed E-state index contributed by atoms with van der Waals surface area (Å²) in [5.74, 6) is 0. The molecule has 2 heterocycles. The second-order valence-corrected chi connectivity index (χ2v) is 9.21. The van der Waals surface area contributed by atoms with Gasteiger partial charge in [0.1, 0.15) is 4.83 Å². The van der Waals surface area contributed by atoms with Crippen molar-refractivity contribution in [2.45, 2.75) is 45.7 Å². The lowest BCUT2D eigenvalue weighted by molar-refractivity contribution is 0.636. The summed E-state index contributed by atoms with van der Waals surface area (Å²) in [7, 11) is 0.